The van der Waals surface area contributed by atoms with Crippen molar-refractivity contribution in [2.24, 2.45) is 11.8 Å². The van der Waals surface area contributed by atoms with Crippen LogP contribution in [-0.2, 0) is 16.0 Å². The average molecular weight is 607 g/mol. The van der Waals surface area contributed by atoms with E-state index in [4.69, 9.17) is 0 Å². The molecule has 2 aliphatic heterocycles. The van der Waals surface area contributed by atoms with Crippen molar-refractivity contribution in [2.75, 3.05) is 58.9 Å². The Bertz CT molecular complexity index is 1070. The van der Waals surface area contributed by atoms with Crippen LogP contribution in [0.15, 0.2) is 24.4 Å². The predicted molar refractivity (Wildman–Crippen MR) is 171 cm³/mol. The SMILES string of the molecule is Cl.O=C(Cc1c[nH]c2ccc(F)cc12)NCCCCCC(=O)N1CCC(CNCCCCNCC2CCNCC2)CC1. The largest absolute Gasteiger partial charge is 0.361 e. The first-order valence-electron chi connectivity index (χ1n) is 16.0. The number of carbonyl (C=O) groups excluding carboxylic acids is 2. The Kier molecular flexibility index (Phi) is 15.6. The fourth-order valence-electron chi connectivity index (χ4n) is 6.08. The standard InChI is InChI=1S/C32H51FN6O2.ClH/c33-28-7-8-30-29(21-28)27(24-38-30)20-31(40)37-15-3-1-2-6-32(41)39-18-11-26(12-19-39)23-36-14-5-4-13-35-22-25-9-16-34-17-10-25;/h7-8,21,24-26,34-36,38H,1-6,9-20,22-23H2,(H,37,40);1H. The molecule has 8 nitrogen and oxygen atoms in total. The molecule has 5 N–H and O–H groups in total. The fraction of sp³-hybridized carbons (Fsp3) is 0.688. The number of hydrogen-bond donors (Lipinski definition) is 5. The van der Waals surface area contributed by atoms with E-state index in [0.717, 1.165) is 87.2 Å². The second-order valence-electron chi connectivity index (χ2n) is 12.0. The molecule has 0 radical (unpaired) electrons. The Morgan fingerprint density at radius 2 is 1.55 bits per heavy atom. The van der Waals surface area contributed by atoms with Crippen LogP contribution in [0.1, 0.15) is 69.8 Å². The number of unbranched alkanes of at least 4 members (excludes halogenated alkanes) is 3. The highest BCUT2D eigenvalue weighted by molar-refractivity contribution is 5.88. The highest BCUT2D eigenvalue weighted by atomic mass is 35.5. The van der Waals surface area contributed by atoms with Crippen LogP contribution in [0.4, 0.5) is 4.39 Å². The van der Waals surface area contributed by atoms with E-state index in [0.29, 0.717) is 18.9 Å². The van der Waals surface area contributed by atoms with Crippen LogP contribution < -0.4 is 21.3 Å². The second-order valence-corrected chi connectivity index (χ2v) is 12.0. The number of H-pyrrole nitrogens is 1. The summed E-state index contributed by atoms with van der Waals surface area (Å²) in [7, 11) is 0. The van der Waals surface area contributed by atoms with E-state index in [9.17, 15) is 14.0 Å². The molecule has 3 heterocycles. The molecule has 4 rings (SSSR count). The molecular weight excluding hydrogens is 555 g/mol. The minimum absolute atomic E-state index is 0. The average Bonchev–Trinajstić information content (AvgIpc) is 3.38. The van der Waals surface area contributed by atoms with Crippen LogP contribution in [0.5, 0.6) is 0 Å². The first-order valence-corrected chi connectivity index (χ1v) is 16.0. The highest BCUT2D eigenvalue weighted by Gasteiger charge is 2.22. The monoisotopic (exact) mass is 606 g/mol. The lowest BCUT2D eigenvalue weighted by atomic mass is 9.96. The summed E-state index contributed by atoms with van der Waals surface area (Å²) in [6, 6.07) is 4.56. The molecule has 1 aromatic heterocycles. The van der Waals surface area contributed by atoms with Gasteiger partial charge in [0.2, 0.25) is 11.8 Å². The molecule has 2 saturated heterocycles. The number of benzene rings is 1. The van der Waals surface area contributed by atoms with Crippen LogP contribution >= 0.6 is 12.4 Å². The van der Waals surface area contributed by atoms with Gasteiger partial charge in [0.05, 0.1) is 6.42 Å². The number of nitrogens with zero attached hydrogens (tertiary/aromatic N) is 1. The van der Waals surface area contributed by atoms with Crippen molar-refractivity contribution in [3.8, 4) is 0 Å². The predicted octanol–water partition coefficient (Wildman–Crippen LogP) is 4.15. The number of hydrogen-bond acceptors (Lipinski definition) is 5. The summed E-state index contributed by atoms with van der Waals surface area (Å²) < 4.78 is 13.5. The summed E-state index contributed by atoms with van der Waals surface area (Å²) in [6.07, 6.45) is 12.4. The molecule has 2 aliphatic rings. The van der Waals surface area contributed by atoms with Gasteiger partial charge in [-0.2, -0.15) is 0 Å². The molecule has 0 aliphatic carbocycles. The van der Waals surface area contributed by atoms with Crippen molar-refractivity contribution < 1.29 is 14.0 Å². The molecule has 10 heteroatoms. The molecule has 236 valence electrons. The Balaban J connectivity index is 0.00000484. The summed E-state index contributed by atoms with van der Waals surface area (Å²) >= 11 is 0. The maximum atomic E-state index is 13.5. The summed E-state index contributed by atoms with van der Waals surface area (Å²) in [5.41, 5.74) is 1.63. The first-order chi connectivity index (χ1) is 20.1. The minimum Gasteiger partial charge on any atom is -0.361 e. The van der Waals surface area contributed by atoms with Gasteiger partial charge in [0, 0.05) is 43.2 Å². The zero-order valence-electron chi connectivity index (χ0n) is 25.2. The van der Waals surface area contributed by atoms with Crippen molar-refractivity contribution in [3.05, 3.63) is 35.8 Å². The number of amides is 2. The molecule has 42 heavy (non-hydrogen) atoms. The molecule has 2 aromatic rings. The topological polar surface area (TPSA) is 101 Å². The van der Waals surface area contributed by atoms with Crippen LogP contribution in [0.2, 0.25) is 0 Å². The number of fused-ring (bicyclic) bond motifs is 1. The van der Waals surface area contributed by atoms with Gasteiger partial charge in [-0.25, -0.2) is 4.39 Å². The van der Waals surface area contributed by atoms with Crippen molar-refractivity contribution >= 4 is 35.1 Å². The number of carbonyl (C=O) groups is 2. The Labute approximate surface area is 257 Å². The lowest BCUT2D eigenvalue weighted by Gasteiger charge is -2.32. The van der Waals surface area contributed by atoms with E-state index in [-0.39, 0.29) is 36.5 Å². The third-order valence-electron chi connectivity index (χ3n) is 8.72. The minimum atomic E-state index is -0.303. The summed E-state index contributed by atoms with van der Waals surface area (Å²) in [6.45, 7) is 9.12. The maximum Gasteiger partial charge on any atom is 0.224 e. The number of rotatable bonds is 17. The number of halogens is 2. The summed E-state index contributed by atoms with van der Waals surface area (Å²) in [5.74, 6) is 1.42. The third kappa shape index (κ3) is 11.8. The van der Waals surface area contributed by atoms with Gasteiger partial charge in [0.1, 0.15) is 5.82 Å². The van der Waals surface area contributed by atoms with Crippen LogP contribution in [0, 0.1) is 17.7 Å². The maximum absolute atomic E-state index is 13.5. The Hall–Kier alpha value is -2.20. The van der Waals surface area contributed by atoms with Gasteiger partial charge in [-0.1, -0.05) is 6.42 Å². The second kappa shape index (κ2) is 19.2. The molecule has 0 spiro atoms. The van der Waals surface area contributed by atoms with Crippen LogP contribution in [0.25, 0.3) is 10.9 Å². The van der Waals surface area contributed by atoms with Crippen LogP contribution in [-0.4, -0.2) is 80.6 Å². The normalized spacial score (nSPS) is 16.5. The fourth-order valence-corrected chi connectivity index (χ4v) is 6.08. The van der Waals surface area contributed by atoms with E-state index in [2.05, 4.69) is 26.3 Å². The smallest absolute Gasteiger partial charge is 0.224 e. The van der Waals surface area contributed by atoms with Gasteiger partial charge < -0.3 is 31.2 Å². The third-order valence-corrected chi connectivity index (χ3v) is 8.72. The van der Waals surface area contributed by atoms with Gasteiger partial charge in [-0.15, -0.1) is 12.4 Å². The van der Waals surface area contributed by atoms with E-state index in [1.165, 1.54) is 57.5 Å². The van der Waals surface area contributed by atoms with Crippen molar-refractivity contribution in [2.45, 2.75) is 70.6 Å². The molecule has 0 atom stereocenters. The number of likely N-dealkylation sites (tertiary alicyclic amines) is 1. The van der Waals surface area contributed by atoms with Crippen molar-refractivity contribution in [1.82, 2.24) is 31.2 Å². The van der Waals surface area contributed by atoms with Gasteiger partial charge >= 0.3 is 0 Å². The van der Waals surface area contributed by atoms with Crippen molar-refractivity contribution in [1.29, 1.82) is 0 Å². The summed E-state index contributed by atoms with van der Waals surface area (Å²) in [4.78, 5) is 30.1. The van der Waals surface area contributed by atoms with Crippen molar-refractivity contribution in [3.63, 3.8) is 0 Å². The quantitative estimate of drug-likeness (QED) is 0.174. The summed E-state index contributed by atoms with van der Waals surface area (Å²) in [5, 5.41) is 14.4. The first kappa shape index (κ1) is 34.3. The number of piperidine rings is 2. The highest BCUT2D eigenvalue weighted by Crippen LogP contribution is 2.20. The van der Waals surface area contributed by atoms with E-state index in [1.807, 2.05) is 4.90 Å². The van der Waals surface area contributed by atoms with E-state index >= 15 is 0 Å². The molecule has 0 unspecified atom stereocenters. The lowest BCUT2D eigenvalue weighted by molar-refractivity contribution is -0.132. The Morgan fingerprint density at radius 1 is 0.881 bits per heavy atom. The molecule has 2 amide bonds. The number of nitrogens with one attached hydrogen (secondary N) is 5. The zero-order valence-corrected chi connectivity index (χ0v) is 26.0. The zero-order chi connectivity index (χ0) is 28.7. The molecule has 1 aromatic carbocycles. The Morgan fingerprint density at radius 3 is 2.26 bits per heavy atom. The lowest BCUT2D eigenvalue weighted by Crippen LogP contribution is -2.40. The molecule has 0 bridgehead atoms. The molecule has 2 fully saturated rings. The van der Waals surface area contributed by atoms with Gasteiger partial charge in [0.15, 0.2) is 0 Å². The van der Waals surface area contributed by atoms with Gasteiger partial charge in [-0.05, 0) is 126 Å². The van der Waals surface area contributed by atoms with Gasteiger partial charge in [-0.3, -0.25) is 9.59 Å². The number of aromatic nitrogens is 1. The van der Waals surface area contributed by atoms with Crippen LogP contribution in [0.3, 0.4) is 0 Å². The molecular formula is C32H52ClFN6O2. The van der Waals surface area contributed by atoms with Gasteiger partial charge in [0.25, 0.3) is 0 Å². The number of aromatic amines is 1. The van der Waals surface area contributed by atoms with E-state index < -0.39 is 0 Å². The molecule has 0 saturated carbocycles. The van der Waals surface area contributed by atoms with E-state index in [1.54, 1.807) is 12.3 Å².